The Morgan fingerprint density at radius 1 is 0.943 bits per heavy atom. The van der Waals surface area contributed by atoms with Crippen molar-refractivity contribution in [3.05, 3.63) is 94.8 Å². The van der Waals surface area contributed by atoms with E-state index < -0.39 is 0 Å². The summed E-state index contributed by atoms with van der Waals surface area (Å²) in [5.41, 5.74) is 6.35. The molecule has 1 aromatic heterocycles. The van der Waals surface area contributed by atoms with Crippen molar-refractivity contribution in [2.24, 2.45) is 0 Å². The minimum Gasteiger partial charge on any atom is -0.486 e. The molecule has 0 spiro atoms. The van der Waals surface area contributed by atoms with Crippen molar-refractivity contribution in [2.45, 2.75) is 45.9 Å². The number of para-hydroxylation sites is 1. The Labute approximate surface area is 210 Å². The van der Waals surface area contributed by atoms with E-state index in [9.17, 15) is 4.79 Å². The van der Waals surface area contributed by atoms with Crippen LogP contribution in [0.25, 0.3) is 5.69 Å². The highest BCUT2D eigenvalue weighted by molar-refractivity contribution is 7.99. The summed E-state index contributed by atoms with van der Waals surface area (Å²) >= 11 is 1.36. The van der Waals surface area contributed by atoms with Crippen molar-refractivity contribution in [2.75, 3.05) is 11.1 Å². The number of carbonyl (C=O) groups is 1. The van der Waals surface area contributed by atoms with Crippen LogP contribution in [0.15, 0.2) is 71.9 Å². The lowest BCUT2D eigenvalue weighted by Gasteiger charge is -2.13. The van der Waals surface area contributed by atoms with Crippen LogP contribution in [0.2, 0.25) is 0 Å². The summed E-state index contributed by atoms with van der Waals surface area (Å²) in [7, 11) is 0. The molecule has 0 aliphatic rings. The van der Waals surface area contributed by atoms with Crippen molar-refractivity contribution in [1.29, 1.82) is 0 Å². The molecule has 0 unspecified atom stereocenters. The van der Waals surface area contributed by atoms with Gasteiger partial charge in [-0.2, -0.15) is 0 Å². The molecule has 0 aliphatic carbocycles. The standard InChI is InChI=1S/C28H30N4O2S/c1-5-22-8-6-7-21(4)27(22)29-26(33)18-35-28-31-30-25(17-34-24-15-11-20(3)12-16-24)32(28)23-13-9-19(2)10-14-23/h6-16H,5,17-18H2,1-4H3,(H,29,33). The Balaban J connectivity index is 1.52. The number of nitrogens with zero attached hydrogens (tertiary/aromatic N) is 3. The van der Waals surface area contributed by atoms with Crippen molar-refractivity contribution in [3.63, 3.8) is 0 Å². The van der Waals surface area contributed by atoms with Gasteiger partial charge in [-0.25, -0.2) is 0 Å². The molecular weight excluding hydrogens is 456 g/mol. The molecule has 0 fully saturated rings. The molecule has 35 heavy (non-hydrogen) atoms. The summed E-state index contributed by atoms with van der Waals surface area (Å²) < 4.78 is 7.93. The molecule has 0 radical (unpaired) electrons. The highest BCUT2D eigenvalue weighted by Gasteiger charge is 2.17. The number of carbonyl (C=O) groups excluding carboxylic acids is 1. The number of aromatic nitrogens is 3. The minimum absolute atomic E-state index is 0.0742. The topological polar surface area (TPSA) is 69.0 Å². The smallest absolute Gasteiger partial charge is 0.234 e. The Hall–Kier alpha value is -3.58. The number of nitrogens with one attached hydrogen (secondary N) is 1. The van der Waals surface area contributed by atoms with E-state index in [1.54, 1.807) is 0 Å². The highest BCUT2D eigenvalue weighted by atomic mass is 32.2. The molecule has 1 amide bonds. The van der Waals surface area contributed by atoms with Gasteiger partial charge in [0.25, 0.3) is 0 Å². The number of thioether (sulfide) groups is 1. The monoisotopic (exact) mass is 486 g/mol. The van der Waals surface area contributed by atoms with Gasteiger partial charge in [-0.15, -0.1) is 10.2 Å². The van der Waals surface area contributed by atoms with Crippen LogP contribution < -0.4 is 10.1 Å². The molecule has 0 saturated heterocycles. The van der Waals surface area contributed by atoms with Gasteiger partial charge >= 0.3 is 0 Å². The van der Waals surface area contributed by atoms with Crippen LogP contribution >= 0.6 is 11.8 Å². The third-order valence-electron chi connectivity index (χ3n) is 5.72. The van der Waals surface area contributed by atoms with Crippen molar-refractivity contribution in [3.8, 4) is 11.4 Å². The molecule has 4 aromatic rings. The minimum atomic E-state index is -0.0742. The third-order valence-corrected chi connectivity index (χ3v) is 6.65. The summed E-state index contributed by atoms with van der Waals surface area (Å²) in [6.07, 6.45) is 0.858. The lowest BCUT2D eigenvalue weighted by Crippen LogP contribution is -2.16. The van der Waals surface area contributed by atoms with E-state index in [0.29, 0.717) is 11.0 Å². The predicted molar refractivity (Wildman–Crippen MR) is 142 cm³/mol. The summed E-state index contributed by atoms with van der Waals surface area (Å²) in [5.74, 6) is 1.59. The number of amides is 1. The zero-order valence-electron chi connectivity index (χ0n) is 20.5. The van der Waals surface area contributed by atoms with Crippen LogP contribution in [0.4, 0.5) is 5.69 Å². The van der Waals surface area contributed by atoms with Gasteiger partial charge in [0, 0.05) is 11.4 Å². The van der Waals surface area contributed by atoms with E-state index in [-0.39, 0.29) is 18.3 Å². The average Bonchev–Trinajstić information content (AvgIpc) is 3.27. The number of rotatable bonds is 9. The quantitative estimate of drug-likeness (QED) is 0.291. The molecule has 180 valence electrons. The largest absolute Gasteiger partial charge is 0.486 e. The SMILES string of the molecule is CCc1cccc(C)c1NC(=O)CSc1nnc(COc2ccc(C)cc2)n1-c1ccc(C)cc1. The van der Waals surface area contributed by atoms with Gasteiger partial charge in [-0.05, 0) is 62.6 Å². The summed E-state index contributed by atoms with van der Waals surface area (Å²) in [5, 5.41) is 12.5. The normalized spacial score (nSPS) is 10.9. The second-order valence-electron chi connectivity index (χ2n) is 8.47. The zero-order chi connectivity index (χ0) is 24.8. The maximum Gasteiger partial charge on any atom is 0.234 e. The molecule has 7 heteroatoms. The fraction of sp³-hybridized carbons (Fsp3) is 0.250. The Morgan fingerprint density at radius 3 is 2.31 bits per heavy atom. The number of hydrogen-bond donors (Lipinski definition) is 1. The van der Waals surface area contributed by atoms with Crippen molar-refractivity contribution >= 4 is 23.4 Å². The first kappa shape index (κ1) is 24.5. The number of ether oxygens (including phenoxy) is 1. The summed E-state index contributed by atoms with van der Waals surface area (Å²) in [4.78, 5) is 12.8. The Bertz CT molecular complexity index is 1300. The first-order valence-electron chi connectivity index (χ1n) is 11.7. The molecule has 1 heterocycles. The third kappa shape index (κ3) is 6.11. The number of aryl methyl sites for hydroxylation is 4. The zero-order valence-corrected chi connectivity index (χ0v) is 21.4. The van der Waals surface area contributed by atoms with Crippen LogP contribution in [0, 0.1) is 20.8 Å². The van der Waals surface area contributed by atoms with Crippen LogP contribution in [-0.4, -0.2) is 26.4 Å². The molecule has 0 aliphatic heterocycles. The van der Waals surface area contributed by atoms with E-state index in [2.05, 4.69) is 22.4 Å². The molecule has 1 N–H and O–H groups in total. The maximum atomic E-state index is 12.8. The fourth-order valence-corrected chi connectivity index (χ4v) is 4.50. The second-order valence-corrected chi connectivity index (χ2v) is 9.41. The van der Waals surface area contributed by atoms with Crippen molar-refractivity contribution < 1.29 is 9.53 Å². The lowest BCUT2D eigenvalue weighted by atomic mass is 10.1. The van der Waals surface area contributed by atoms with Gasteiger partial charge in [0.1, 0.15) is 12.4 Å². The average molecular weight is 487 g/mol. The van der Waals surface area contributed by atoms with Gasteiger partial charge in [0.15, 0.2) is 11.0 Å². The number of benzene rings is 3. The van der Waals surface area contributed by atoms with Gasteiger partial charge in [-0.3, -0.25) is 9.36 Å². The van der Waals surface area contributed by atoms with E-state index >= 15 is 0 Å². The van der Waals surface area contributed by atoms with E-state index in [0.717, 1.165) is 40.2 Å². The van der Waals surface area contributed by atoms with Crippen LogP contribution in [0.3, 0.4) is 0 Å². The Kier molecular flexibility index (Phi) is 7.87. The lowest BCUT2D eigenvalue weighted by molar-refractivity contribution is -0.113. The van der Waals surface area contributed by atoms with Crippen molar-refractivity contribution in [1.82, 2.24) is 14.8 Å². The van der Waals surface area contributed by atoms with E-state index in [1.807, 2.05) is 92.1 Å². The van der Waals surface area contributed by atoms with Crippen LogP contribution in [0.1, 0.15) is 35.0 Å². The van der Waals surface area contributed by atoms with Crippen LogP contribution in [-0.2, 0) is 17.8 Å². The molecule has 3 aromatic carbocycles. The molecule has 0 atom stereocenters. The summed E-state index contributed by atoms with van der Waals surface area (Å²) in [6, 6.07) is 22.1. The fourth-order valence-electron chi connectivity index (χ4n) is 3.73. The van der Waals surface area contributed by atoms with Gasteiger partial charge in [-0.1, -0.05) is 72.3 Å². The molecular formula is C28H30N4O2S. The Morgan fingerprint density at radius 2 is 1.63 bits per heavy atom. The highest BCUT2D eigenvalue weighted by Crippen LogP contribution is 2.25. The van der Waals surface area contributed by atoms with Gasteiger partial charge in [0.2, 0.25) is 5.91 Å². The first-order chi connectivity index (χ1) is 16.9. The van der Waals surface area contributed by atoms with Crippen LogP contribution in [0.5, 0.6) is 5.75 Å². The first-order valence-corrected chi connectivity index (χ1v) is 12.6. The summed E-state index contributed by atoms with van der Waals surface area (Å²) in [6.45, 7) is 8.45. The number of hydrogen-bond acceptors (Lipinski definition) is 5. The van der Waals surface area contributed by atoms with E-state index in [1.165, 1.54) is 17.3 Å². The molecule has 0 saturated carbocycles. The molecule has 4 rings (SSSR count). The molecule has 6 nitrogen and oxygen atoms in total. The predicted octanol–water partition coefficient (Wildman–Crippen LogP) is 6.06. The van der Waals surface area contributed by atoms with Gasteiger partial charge in [0.05, 0.1) is 5.75 Å². The number of anilines is 1. The molecule has 0 bridgehead atoms. The maximum absolute atomic E-state index is 12.8. The van der Waals surface area contributed by atoms with E-state index in [4.69, 9.17) is 4.74 Å². The van der Waals surface area contributed by atoms with Gasteiger partial charge < -0.3 is 10.1 Å². The second kappa shape index (κ2) is 11.2.